The largest absolute Gasteiger partial charge is 0.461 e. The first-order valence-corrected chi connectivity index (χ1v) is 7.58. The number of nitrogens with one attached hydrogen (secondary N) is 1. The molecule has 1 unspecified atom stereocenters. The highest BCUT2D eigenvalue weighted by atomic mass is 16.5. The second kappa shape index (κ2) is 5.70. The lowest BCUT2D eigenvalue weighted by Gasteiger charge is -2.39. The summed E-state index contributed by atoms with van der Waals surface area (Å²) in [6.07, 6.45) is 0. The Bertz CT molecular complexity index is 767. The molecule has 1 N–H and O–H groups in total. The van der Waals surface area contributed by atoms with Crippen molar-refractivity contribution in [3.8, 4) is 0 Å². The van der Waals surface area contributed by atoms with E-state index in [-0.39, 0.29) is 18.4 Å². The molecule has 0 aliphatic carbocycles. The van der Waals surface area contributed by atoms with Gasteiger partial charge in [0.05, 0.1) is 13.2 Å². The van der Waals surface area contributed by atoms with Gasteiger partial charge in [0.1, 0.15) is 11.3 Å². The standard InChI is InChI=1S/C17H20N2O4/c1-11-8-13-9-12(4-5-14(13)23-11)15(20)19-6-7-22-17(2,10-19)16(21)18-3/h4-5,8-9H,6-7,10H2,1-3H3,(H,18,21). The maximum atomic E-state index is 12.8. The van der Waals surface area contributed by atoms with Crippen LogP contribution in [0.15, 0.2) is 28.7 Å². The third-order valence-corrected chi connectivity index (χ3v) is 4.16. The molecule has 1 aliphatic heterocycles. The Morgan fingerprint density at radius 3 is 2.83 bits per heavy atom. The average Bonchev–Trinajstić information content (AvgIpc) is 2.92. The van der Waals surface area contributed by atoms with Crippen molar-refractivity contribution in [2.75, 3.05) is 26.7 Å². The Kier molecular flexibility index (Phi) is 3.85. The Hall–Kier alpha value is -2.34. The van der Waals surface area contributed by atoms with Crippen LogP contribution in [0, 0.1) is 6.92 Å². The van der Waals surface area contributed by atoms with Crippen molar-refractivity contribution in [2.24, 2.45) is 0 Å². The number of furan rings is 1. The maximum absolute atomic E-state index is 12.8. The normalized spacial score (nSPS) is 21.4. The molecule has 1 aromatic heterocycles. The molecule has 1 saturated heterocycles. The Morgan fingerprint density at radius 1 is 1.30 bits per heavy atom. The van der Waals surface area contributed by atoms with Crippen LogP contribution in [0.2, 0.25) is 0 Å². The maximum Gasteiger partial charge on any atom is 0.254 e. The van der Waals surface area contributed by atoms with Crippen LogP contribution in [0.25, 0.3) is 11.0 Å². The molecule has 6 heteroatoms. The summed E-state index contributed by atoms with van der Waals surface area (Å²) in [6.45, 7) is 4.61. The molecule has 2 heterocycles. The summed E-state index contributed by atoms with van der Waals surface area (Å²) in [7, 11) is 1.56. The number of hydrogen-bond donors (Lipinski definition) is 1. The molecule has 1 aliphatic rings. The fourth-order valence-electron chi connectivity index (χ4n) is 2.94. The van der Waals surface area contributed by atoms with Crippen LogP contribution in [0.4, 0.5) is 0 Å². The van der Waals surface area contributed by atoms with E-state index < -0.39 is 5.60 Å². The van der Waals surface area contributed by atoms with Crippen molar-refractivity contribution >= 4 is 22.8 Å². The highest BCUT2D eigenvalue weighted by molar-refractivity contribution is 5.98. The van der Waals surface area contributed by atoms with Gasteiger partial charge in [-0.1, -0.05) is 0 Å². The number of fused-ring (bicyclic) bond motifs is 1. The van der Waals surface area contributed by atoms with Gasteiger partial charge in [0.2, 0.25) is 0 Å². The summed E-state index contributed by atoms with van der Waals surface area (Å²) in [4.78, 5) is 26.4. The second-order valence-electron chi connectivity index (χ2n) is 5.99. The molecule has 1 atom stereocenters. The van der Waals surface area contributed by atoms with Gasteiger partial charge in [0.25, 0.3) is 11.8 Å². The average molecular weight is 316 g/mol. The van der Waals surface area contributed by atoms with E-state index in [0.717, 1.165) is 16.7 Å². The lowest BCUT2D eigenvalue weighted by atomic mass is 10.0. The van der Waals surface area contributed by atoms with Crippen LogP contribution in [-0.4, -0.2) is 49.1 Å². The van der Waals surface area contributed by atoms with Gasteiger partial charge in [0, 0.05) is 24.5 Å². The molecule has 1 aromatic carbocycles. The molecule has 0 bridgehead atoms. The lowest BCUT2D eigenvalue weighted by Crippen LogP contribution is -2.58. The fourth-order valence-corrected chi connectivity index (χ4v) is 2.94. The van der Waals surface area contributed by atoms with Gasteiger partial charge in [-0.25, -0.2) is 0 Å². The number of rotatable bonds is 2. The van der Waals surface area contributed by atoms with E-state index in [2.05, 4.69) is 5.32 Å². The van der Waals surface area contributed by atoms with Crippen LogP contribution < -0.4 is 5.32 Å². The Balaban J connectivity index is 1.84. The second-order valence-corrected chi connectivity index (χ2v) is 5.99. The summed E-state index contributed by atoms with van der Waals surface area (Å²) >= 11 is 0. The van der Waals surface area contributed by atoms with E-state index in [9.17, 15) is 9.59 Å². The van der Waals surface area contributed by atoms with E-state index in [1.165, 1.54) is 0 Å². The third kappa shape index (κ3) is 2.82. The molecule has 2 aromatic rings. The summed E-state index contributed by atoms with van der Waals surface area (Å²) in [6, 6.07) is 7.27. The molecular formula is C17H20N2O4. The van der Waals surface area contributed by atoms with Gasteiger partial charge in [-0.05, 0) is 38.1 Å². The highest BCUT2D eigenvalue weighted by Crippen LogP contribution is 2.23. The Labute approximate surface area is 134 Å². The van der Waals surface area contributed by atoms with Crippen molar-refractivity contribution < 1.29 is 18.7 Å². The van der Waals surface area contributed by atoms with Gasteiger partial charge in [-0.15, -0.1) is 0 Å². The van der Waals surface area contributed by atoms with Crippen molar-refractivity contribution in [1.82, 2.24) is 10.2 Å². The topological polar surface area (TPSA) is 71.8 Å². The molecule has 3 rings (SSSR count). The third-order valence-electron chi connectivity index (χ3n) is 4.16. The fraction of sp³-hybridized carbons (Fsp3) is 0.412. The summed E-state index contributed by atoms with van der Waals surface area (Å²) in [5.74, 6) is 0.475. The molecule has 23 heavy (non-hydrogen) atoms. The number of nitrogens with zero attached hydrogens (tertiary/aromatic N) is 1. The van der Waals surface area contributed by atoms with Crippen LogP contribution in [0.5, 0.6) is 0 Å². The molecule has 122 valence electrons. The van der Waals surface area contributed by atoms with Crippen molar-refractivity contribution in [3.05, 3.63) is 35.6 Å². The molecule has 0 radical (unpaired) electrons. The highest BCUT2D eigenvalue weighted by Gasteiger charge is 2.40. The number of carbonyl (C=O) groups excluding carboxylic acids is 2. The van der Waals surface area contributed by atoms with E-state index in [0.29, 0.717) is 18.7 Å². The number of hydrogen-bond acceptors (Lipinski definition) is 4. The number of likely N-dealkylation sites (N-methyl/N-ethyl adjacent to an activating group) is 1. The molecule has 0 spiro atoms. The monoisotopic (exact) mass is 316 g/mol. The first kappa shape index (κ1) is 15.6. The molecule has 2 amide bonds. The zero-order valence-electron chi connectivity index (χ0n) is 13.5. The number of benzene rings is 1. The lowest BCUT2D eigenvalue weighted by molar-refractivity contribution is -0.153. The van der Waals surface area contributed by atoms with Crippen LogP contribution >= 0.6 is 0 Å². The predicted molar refractivity (Wildman–Crippen MR) is 85.3 cm³/mol. The quantitative estimate of drug-likeness (QED) is 0.916. The molecule has 1 fully saturated rings. The molecule has 6 nitrogen and oxygen atoms in total. The van der Waals surface area contributed by atoms with Gasteiger partial charge in [0.15, 0.2) is 5.60 Å². The van der Waals surface area contributed by atoms with Gasteiger partial charge in [-0.3, -0.25) is 9.59 Å². The predicted octanol–water partition coefficient (Wildman–Crippen LogP) is 1.72. The summed E-state index contributed by atoms with van der Waals surface area (Å²) in [5.41, 5.74) is 0.328. The smallest absolute Gasteiger partial charge is 0.254 e. The van der Waals surface area contributed by atoms with Gasteiger partial charge < -0.3 is 19.4 Å². The minimum atomic E-state index is -1.01. The van der Waals surface area contributed by atoms with Gasteiger partial charge in [-0.2, -0.15) is 0 Å². The van der Waals surface area contributed by atoms with E-state index in [1.54, 1.807) is 31.0 Å². The Morgan fingerprint density at radius 2 is 2.09 bits per heavy atom. The number of morpholine rings is 1. The van der Waals surface area contributed by atoms with Crippen molar-refractivity contribution in [1.29, 1.82) is 0 Å². The minimum absolute atomic E-state index is 0.107. The van der Waals surface area contributed by atoms with Crippen LogP contribution in [0.3, 0.4) is 0 Å². The minimum Gasteiger partial charge on any atom is -0.461 e. The van der Waals surface area contributed by atoms with E-state index >= 15 is 0 Å². The number of aryl methyl sites for hydroxylation is 1. The number of amides is 2. The van der Waals surface area contributed by atoms with Crippen LogP contribution in [0.1, 0.15) is 23.0 Å². The number of carbonyl (C=O) groups is 2. The summed E-state index contributed by atoms with van der Waals surface area (Å²) < 4.78 is 11.1. The molecular weight excluding hydrogens is 296 g/mol. The van der Waals surface area contributed by atoms with E-state index in [1.807, 2.05) is 19.1 Å². The zero-order valence-corrected chi connectivity index (χ0v) is 13.5. The van der Waals surface area contributed by atoms with E-state index in [4.69, 9.17) is 9.15 Å². The van der Waals surface area contributed by atoms with Crippen LogP contribution in [-0.2, 0) is 9.53 Å². The van der Waals surface area contributed by atoms with Gasteiger partial charge >= 0.3 is 0 Å². The van der Waals surface area contributed by atoms with Crippen molar-refractivity contribution in [2.45, 2.75) is 19.4 Å². The molecule has 0 saturated carbocycles. The first-order valence-electron chi connectivity index (χ1n) is 7.58. The SMILES string of the molecule is CNC(=O)C1(C)CN(C(=O)c2ccc3oc(C)cc3c2)CCO1. The zero-order chi connectivity index (χ0) is 16.6. The van der Waals surface area contributed by atoms with Crippen molar-refractivity contribution in [3.63, 3.8) is 0 Å². The number of ether oxygens (including phenoxy) is 1. The summed E-state index contributed by atoms with van der Waals surface area (Å²) in [5, 5.41) is 3.49. The first-order chi connectivity index (χ1) is 10.9.